The van der Waals surface area contributed by atoms with Crippen molar-refractivity contribution in [2.24, 2.45) is 0 Å². The van der Waals surface area contributed by atoms with Crippen molar-refractivity contribution < 1.29 is 14.1 Å². The summed E-state index contributed by atoms with van der Waals surface area (Å²) in [6.07, 6.45) is 4.22. The van der Waals surface area contributed by atoms with Crippen LogP contribution in [0.4, 0.5) is 5.88 Å². The maximum absolute atomic E-state index is 12.3. The number of amides is 1. The van der Waals surface area contributed by atoms with E-state index in [9.17, 15) is 14.9 Å². The number of hydrogen-bond acceptors (Lipinski definition) is 4. The Hall–Kier alpha value is -1.37. The van der Waals surface area contributed by atoms with Crippen molar-refractivity contribution in [3.05, 3.63) is 28.0 Å². The average molecular weight is 331 g/mol. The van der Waals surface area contributed by atoms with E-state index >= 15 is 0 Å². The summed E-state index contributed by atoms with van der Waals surface area (Å²) in [7, 11) is 0. The molecule has 0 saturated heterocycles. The van der Waals surface area contributed by atoms with Crippen molar-refractivity contribution in [2.75, 3.05) is 11.9 Å². The lowest BCUT2D eigenvalue weighted by Gasteiger charge is -2.27. The van der Waals surface area contributed by atoms with Crippen LogP contribution in [0.5, 0.6) is 0 Å². The number of hydrogen-bond donors (Lipinski definition) is 0. The van der Waals surface area contributed by atoms with Crippen LogP contribution in [0.1, 0.15) is 36.2 Å². The first-order chi connectivity index (χ1) is 9.13. The van der Waals surface area contributed by atoms with E-state index in [-0.39, 0.29) is 17.7 Å². The molecule has 19 heavy (non-hydrogen) atoms. The van der Waals surface area contributed by atoms with Gasteiger partial charge < -0.3 is 9.32 Å². The molecule has 104 valence electrons. The van der Waals surface area contributed by atoms with Crippen molar-refractivity contribution in [2.45, 2.75) is 31.7 Å². The van der Waals surface area contributed by atoms with Crippen LogP contribution in [-0.4, -0.2) is 33.6 Å². The SMILES string of the molecule is O=C(c1ccc([N+](=O)[O-])o1)N(CCBr)C1CCCC1. The molecule has 0 spiro atoms. The second-order valence-corrected chi connectivity index (χ2v) is 5.31. The van der Waals surface area contributed by atoms with Gasteiger partial charge in [0.05, 0.1) is 6.07 Å². The van der Waals surface area contributed by atoms with Gasteiger partial charge in [-0.15, -0.1) is 0 Å². The highest BCUT2D eigenvalue weighted by Crippen LogP contribution is 2.26. The molecule has 1 aliphatic rings. The largest absolute Gasteiger partial charge is 0.433 e. The van der Waals surface area contributed by atoms with E-state index in [2.05, 4.69) is 15.9 Å². The van der Waals surface area contributed by atoms with Gasteiger partial charge in [-0.3, -0.25) is 14.9 Å². The van der Waals surface area contributed by atoms with Crippen molar-refractivity contribution >= 4 is 27.7 Å². The van der Waals surface area contributed by atoms with Crippen molar-refractivity contribution in [3.63, 3.8) is 0 Å². The van der Waals surface area contributed by atoms with E-state index in [0.29, 0.717) is 11.9 Å². The second kappa shape index (κ2) is 6.18. The molecule has 0 radical (unpaired) electrons. The first kappa shape index (κ1) is 14.0. The van der Waals surface area contributed by atoms with Crippen molar-refractivity contribution in [1.29, 1.82) is 0 Å². The van der Waals surface area contributed by atoms with Crippen LogP contribution in [0, 0.1) is 10.1 Å². The molecule has 0 bridgehead atoms. The third-order valence-electron chi connectivity index (χ3n) is 3.33. The van der Waals surface area contributed by atoms with E-state index < -0.39 is 10.8 Å². The first-order valence-corrected chi connectivity index (χ1v) is 7.37. The minimum atomic E-state index is -0.638. The Morgan fingerprint density at radius 3 is 2.68 bits per heavy atom. The van der Waals surface area contributed by atoms with Gasteiger partial charge in [0.15, 0.2) is 5.76 Å². The summed E-state index contributed by atoms with van der Waals surface area (Å²) in [5, 5.41) is 11.2. The lowest BCUT2D eigenvalue weighted by molar-refractivity contribution is -0.402. The predicted molar refractivity (Wildman–Crippen MR) is 72.4 cm³/mol. The highest BCUT2D eigenvalue weighted by atomic mass is 79.9. The van der Waals surface area contributed by atoms with Crippen LogP contribution in [0.3, 0.4) is 0 Å². The molecule has 1 saturated carbocycles. The first-order valence-electron chi connectivity index (χ1n) is 6.24. The summed E-state index contributed by atoms with van der Waals surface area (Å²) in [5.74, 6) is -0.618. The quantitative estimate of drug-likeness (QED) is 0.472. The molecule has 0 aliphatic heterocycles. The molecule has 1 aliphatic carbocycles. The average Bonchev–Trinajstić information content (AvgIpc) is 3.05. The van der Waals surface area contributed by atoms with Crippen LogP contribution < -0.4 is 0 Å². The maximum Gasteiger partial charge on any atom is 0.433 e. The Morgan fingerprint density at radius 1 is 1.47 bits per heavy atom. The Bertz CT molecular complexity index is 468. The zero-order chi connectivity index (χ0) is 13.8. The number of rotatable bonds is 5. The molecule has 1 heterocycles. The molecule has 0 aromatic carbocycles. The van der Waals surface area contributed by atoms with Gasteiger partial charge in [-0.25, -0.2) is 0 Å². The van der Waals surface area contributed by atoms with E-state index in [1.54, 1.807) is 4.90 Å². The summed E-state index contributed by atoms with van der Waals surface area (Å²) in [4.78, 5) is 24.0. The summed E-state index contributed by atoms with van der Waals surface area (Å²) in [6.45, 7) is 0.581. The topological polar surface area (TPSA) is 76.6 Å². The fourth-order valence-electron chi connectivity index (χ4n) is 2.44. The molecular formula is C12H15BrN2O4. The summed E-state index contributed by atoms with van der Waals surface area (Å²) >= 11 is 3.33. The number of furan rings is 1. The zero-order valence-electron chi connectivity index (χ0n) is 10.4. The van der Waals surface area contributed by atoms with Crippen LogP contribution in [0.15, 0.2) is 16.5 Å². The van der Waals surface area contributed by atoms with Crippen molar-refractivity contribution in [1.82, 2.24) is 4.90 Å². The van der Waals surface area contributed by atoms with Crippen LogP contribution in [0.25, 0.3) is 0 Å². The smallest absolute Gasteiger partial charge is 0.395 e. The van der Waals surface area contributed by atoms with Gasteiger partial charge >= 0.3 is 5.88 Å². The second-order valence-electron chi connectivity index (χ2n) is 4.52. The molecule has 1 aromatic rings. The van der Waals surface area contributed by atoms with Crippen LogP contribution in [0.2, 0.25) is 0 Å². The molecule has 1 fully saturated rings. The highest BCUT2D eigenvalue weighted by Gasteiger charge is 2.29. The molecular weight excluding hydrogens is 316 g/mol. The van der Waals surface area contributed by atoms with E-state index in [1.165, 1.54) is 12.1 Å². The minimum Gasteiger partial charge on any atom is -0.395 e. The lowest BCUT2D eigenvalue weighted by Crippen LogP contribution is -2.39. The summed E-state index contributed by atoms with van der Waals surface area (Å²) in [5.41, 5.74) is 0. The Morgan fingerprint density at radius 2 is 2.16 bits per heavy atom. The van der Waals surface area contributed by atoms with E-state index in [4.69, 9.17) is 4.42 Å². The molecule has 1 amide bonds. The van der Waals surface area contributed by atoms with Gasteiger partial charge in [0, 0.05) is 17.9 Å². The maximum atomic E-state index is 12.3. The van der Waals surface area contributed by atoms with Gasteiger partial charge in [-0.05, 0) is 18.9 Å². The molecule has 7 heteroatoms. The number of halogens is 1. The minimum absolute atomic E-state index is 0.0413. The fourth-order valence-corrected chi connectivity index (χ4v) is 2.82. The van der Waals surface area contributed by atoms with E-state index in [0.717, 1.165) is 25.7 Å². The van der Waals surface area contributed by atoms with E-state index in [1.807, 2.05) is 0 Å². The standard InChI is InChI=1S/C12H15BrN2O4/c13-7-8-14(9-3-1-2-4-9)12(16)10-5-6-11(19-10)15(17)18/h5-6,9H,1-4,7-8H2. The predicted octanol–water partition coefficient (Wildman–Crippen LogP) is 2.97. The number of nitrogens with zero attached hydrogens (tertiary/aromatic N) is 2. The van der Waals surface area contributed by atoms with Gasteiger partial charge in [-0.2, -0.15) is 0 Å². The molecule has 2 rings (SSSR count). The number of carbonyl (C=O) groups excluding carboxylic acids is 1. The fraction of sp³-hybridized carbons (Fsp3) is 0.583. The van der Waals surface area contributed by atoms with Crippen LogP contribution >= 0.6 is 15.9 Å². The lowest BCUT2D eigenvalue weighted by atomic mass is 10.2. The zero-order valence-corrected chi connectivity index (χ0v) is 12.0. The number of carbonyl (C=O) groups is 1. The normalized spacial score (nSPS) is 15.6. The van der Waals surface area contributed by atoms with Gasteiger partial charge in [-0.1, -0.05) is 28.8 Å². The molecule has 0 unspecified atom stereocenters. The van der Waals surface area contributed by atoms with Crippen molar-refractivity contribution in [3.8, 4) is 0 Å². The summed E-state index contributed by atoms with van der Waals surface area (Å²) in [6, 6.07) is 2.80. The van der Waals surface area contributed by atoms with Gasteiger partial charge in [0.25, 0.3) is 5.91 Å². The van der Waals surface area contributed by atoms with Gasteiger partial charge in [0.1, 0.15) is 4.92 Å². The molecule has 0 atom stereocenters. The van der Waals surface area contributed by atoms with Crippen LogP contribution in [-0.2, 0) is 0 Å². The Labute approximate surface area is 119 Å². The number of nitro groups is 1. The summed E-state index contributed by atoms with van der Waals surface area (Å²) < 4.78 is 4.99. The molecule has 1 aromatic heterocycles. The Balaban J connectivity index is 2.15. The number of alkyl halides is 1. The highest BCUT2D eigenvalue weighted by molar-refractivity contribution is 9.09. The molecule has 6 nitrogen and oxygen atoms in total. The molecule has 0 N–H and O–H groups in total. The monoisotopic (exact) mass is 330 g/mol. The Kier molecular flexibility index (Phi) is 4.57. The third kappa shape index (κ3) is 3.15. The third-order valence-corrected chi connectivity index (χ3v) is 3.69. The van der Waals surface area contributed by atoms with Gasteiger partial charge in [0.2, 0.25) is 0 Å².